The third kappa shape index (κ3) is 4.06. The maximum absolute atomic E-state index is 14.6. The second kappa shape index (κ2) is 9.82. The molecule has 4 aliphatic carbocycles. The maximum Gasteiger partial charge on any atom is 0.414 e. The van der Waals surface area contributed by atoms with Gasteiger partial charge in [0.15, 0.2) is 0 Å². The van der Waals surface area contributed by atoms with Gasteiger partial charge in [0, 0.05) is 42.9 Å². The minimum Gasteiger partial charge on any atom is -0.445 e. The van der Waals surface area contributed by atoms with Gasteiger partial charge in [0.25, 0.3) is 0 Å². The summed E-state index contributed by atoms with van der Waals surface area (Å²) in [6.07, 6.45) is 8.94. The molecule has 39 heavy (non-hydrogen) atoms. The van der Waals surface area contributed by atoms with Gasteiger partial charge in [0.05, 0.1) is 12.0 Å². The zero-order valence-electron chi connectivity index (χ0n) is 24.8. The van der Waals surface area contributed by atoms with Gasteiger partial charge in [-0.3, -0.25) is 14.9 Å². The highest BCUT2D eigenvalue weighted by atomic mass is 16.6. The third-order valence-corrected chi connectivity index (χ3v) is 13.5. The molecule has 0 aromatic carbocycles. The summed E-state index contributed by atoms with van der Waals surface area (Å²) in [5.74, 6) is 1.09. The molecule has 218 valence electrons. The van der Waals surface area contributed by atoms with E-state index in [-0.39, 0.29) is 40.6 Å². The van der Waals surface area contributed by atoms with Crippen LogP contribution < -0.4 is 5.32 Å². The van der Waals surface area contributed by atoms with Crippen LogP contribution in [0.15, 0.2) is 0 Å². The Kier molecular flexibility index (Phi) is 6.97. The SMILES string of the molecule is CO[C@@H]1CCC23CC[C@@H](C)[C@](C)(C12)[C@H](OC(=O)NC(=O)[C@H]1CN2CC[C@H]1C2)C[C@@](C)(C1CCCC1)C(=O)[C@@H]3C. The predicted molar refractivity (Wildman–Crippen MR) is 148 cm³/mol. The van der Waals surface area contributed by atoms with Crippen LogP contribution in [0.4, 0.5) is 4.79 Å². The molecular weight excluding hydrogens is 492 g/mol. The summed E-state index contributed by atoms with van der Waals surface area (Å²) in [6, 6.07) is 0. The van der Waals surface area contributed by atoms with Crippen LogP contribution in [0, 0.1) is 51.8 Å². The Balaban J connectivity index is 1.35. The van der Waals surface area contributed by atoms with Crippen LogP contribution in [0.25, 0.3) is 0 Å². The zero-order chi connectivity index (χ0) is 27.7. The number of rotatable bonds is 4. The first-order valence-corrected chi connectivity index (χ1v) is 15.9. The number of hydrogen-bond acceptors (Lipinski definition) is 6. The first kappa shape index (κ1) is 27.7. The molecule has 0 radical (unpaired) electrons. The molecule has 7 nitrogen and oxygen atoms in total. The minimum absolute atomic E-state index is 0.0378. The van der Waals surface area contributed by atoms with Crippen LogP contribution in [0.1, 0.15) is 91.9 Å². The minimum atomic E-state index is -0.630. The molecule has 0 aromatic rings. The highest BCUT2D eigenvalue weighted by molar-refractivity contribution is 5.94. The normalized spacial score (nSPS) is 49.4. The molecule has 4 saturated carbocycles. The van der Waals surface area contributed by atoms with Crippen molar-refractivity contribution in [2.24, 2.45) is 51.8 Å². The topological polar surface area (TPSA) is 84.9 Å². The van der Waals surface area contributed by atoms with Crippen molar-refractivity contribution in [2.45, 2.75) is 104 Å². The van der Waals surface area contributed by atoms with Crippen LogP contribution in [-0.2, 0) is 19.1 Å². The summed E-state index contributed by atoms with van der Waals surface area (Å²) in [5, 5.41) is 2.65. The number of nitrogens with zero attached hydrogens (tertiary/aromatic N) is 1. The third-order valence-electron chi connectivity index (χ3n) is 13.5. The van der Waals surface area contributed by atoms with E-state index >= 15 is 0 Å². The first-order chi connectivity index (χ1) is 18.5. The number of carbonyl (C=O) groups excluding carboxylic acids is 3. The highest BCUT2D eigenvalue weighted by Gasteiger charge is 2.69. The second-order valence-electron chi connectivity index (χ2n) is 14.8. The number of amides is 2. The lowest BCUT2D eigenvalue weighted by Gasteiger charge is -2.62. The largest absolute Gasteiger partial charge is 0.445 e. The molecular formula is C32H50N2O5. The Morgan fingerprint density at radius 2 is 1.72 bits per heavy atom. The number of hydrogen-bond donors (Lipinski definition) is 1. The molecule has 0 spiro atoms. The predicted octanol–water partition coefficient (Wildman–Crippen LogP) is 5.21. The molecule has 6 aliphatic rings. The van der Waals surface area contributed by atoms with E-state index < -0.39 is 17.6 Å². The summed E-state index contributed by atoms with van der Waals surface area (Å²) in [6.45, 7) is 11.7. The molecule has 2 heterocycles. The Morgan fingerprint density at radius 1 is 1.00 bits per heavy atom. The standard InChI is InChI=1S/C32H50N2O5/c1-19-10-13-32-14-11-24(38-5)26(32)31(19,4)25(16-30(3,27(35)20(32)2)22-8-6-7-9-22)39-29(37)33-28(36)23-18-34-15-12-21(23)17-34/h19-26H,6-18H2,1-5H3,(H,33,36,37)/t19-,20+,21+,23+,24-,25-,26?,30+,31+,32?/m1/s1. The van der Waals surface area contributed by atoms with Crippen molar-refractivity contribution in [3.05, 3.63) is 0 Å². The Morgan fingerprint density at radius 3 is 2.36 bits per heavy atom. The van der Waals surface area contributed by atoms with E-state index in [0.717, 1.165) is 77.4 Å². The summed E-state index contributed by atoms with van der Waals surface area (Å²) in [4.78, 5) is 43.6. The molecule has 1 N–H and O–H groups in total. The average molecular weight is 543 g/mol. The number of ether oxygens (including phenoxy) is 2. The molecule has 6 fully saturated rings. The highest BCUT2D eigenvalue weighted by Crippen LogP contribution is 2.69. The molecule has 6 rings (SSSR count). The Labute approximate surface area is 234 Å². The quantitative estimate of drug-likeness (QED) is 0.525. The van der Waals surface area contributed by atoms with Crippen molar-refractivity contribution < 1.29 is 23.9 Å². The number of fused-ring (bicyclic) bond motifs is 2. The van der Waals surface area contributed by atoms with Gasteiger partial charge in [0.2, 0.25) is 5.91 Å². The van der Waals surface area contributed by atoms with Gasteiger partial charge in [0.1, 0.15) is 11.9 Å². The summed E-state index contributed by atoms with van der Waals surface area (Å²) in [7, 11) is 1.80. The molecule has 2 amide bonds. The van der Waals surface area contributed by atoms with Crippen molar-refractivity contribution in [2.75, 3.05) is 26.7 Å². The van der Waals surface area contributed by atoms with Gasteiger partial charge in [-0.05, 0) is 81.1 Å². The van der Waals surface area contributed by atoms with Crippen LogP contribution in [0.2, 0.25) is 0 Å². The molecule has 0 aromatic heterocycles. The number of Topliss-reactive ketones (excluding diaryl/α,β-unsaturated/α-hetero) is 1. The van der Waals surface area contributed by atoms with E-state index in [1.807, 2.05) is 0 Å². The Hall–Kier alpha value is -1.47. The second-order valence-corrected chi connectivity index (χ2v) is 14.8. The van der Waals surface area contributed by atoms with E-state index in [1.165, 1.54) is 0 Å². The van der Waals surface area contributed by atoms with Gasteiger partial charge in [-0.15, -0.1) is 0 Å². The van der Waals surface area contributed by atoms with E-state index in [2.05, 4.69) is 37.9 Å². The number of ketones is 1. The number of piperidine rings is 1. The van der Waals surface area contributed by atoms with Crippen molar-refractivity contribution in [3.63, 3.8) is 0 Å². The number of carbonyl (C=O) groups is 3. The lowest BCUT2D eigenvalue weighted by molar-refractivity contribution is -0.195. The maximum atomic E-state index is 14.6. The smallest absolute Gasteiger partial charge is 0.414 e. The van der Waals surface area contributed by atoms with Crippen LogP contribution in [0.5, 0.6) is 0 Å². The van der Waals surface area contributed by atoms with E-state index in [9.17, 15) is 14.4 Å². The van der Waals surface area contributed by atoms with Crippen LogP contribution in [-0.4, -0.2) is 61.6 Å². The van der Waals surface area contributed by atoms with Crippen LogP contribution >= 0.6 is 0 Å². The molecule has 4 bridgehead atoms. The molecule has 2 saturated heterocycles. The van der Waals surface area contributed by atoms with Gasteiger partial charge in [-0.1, -0.05) is 40.5 Å². The van der Waals surface area contributed by atoms with Crippen molar-refractivity contribution in [1.29, 1.82) is 0 Å². The van der Waals surface area contributed by atoms with Gasteiger partial charge in [-0.25, -0.2) is 4.79 Å². The summed E-state index contributed by atoms with van der Waals surface area (Å²) in [5.41, 5.74) is -1.02. The lowest BCUT2D eigenvalue weighted by atomic mass is 9.43. The van der Waals surface area contributed by atoms with Crippen molar-refractivity contribution in [1.82, 2.24) is 10.2 Å². The Bertz CT molecular complexity index is 1010. The fraction of sp³-hybridized carbons (Fsp3) is 0.906. The monoisotopic (exact) mass is 542 g/mol. The molecule has 7 heteroatoms. The first-order valence-electron chi connectivity index (χ1n) is 15.9. The van der Waals surface area contributed by atoms with E-state index in [1.54, 1.807) is 7.11 Å². The van der Waals surface area contributed by atoms with Gasteiger partial charge >= 0.3 is 6.09 Å². The zero-order valence-corrected chi connectivity index (χ0v) is 24.8. The summed E-state index contributed by atoms with van der Waals surface area (Å²) < 4.78 is 12.6. The van der Waals surface area contributed by atoms with Crippen LogP contribution in [0.3, 0.4) is 0 Å². The van der Waals surface area contributed by atoms with Gasteiger partial charge < -0.3 is 14.4 Å². The molecule has 3 unspecified atom stereocenters. The lowest BCUT2D eigenvalue weighted by Crippen LogP contribution is -2.64. The molecule has 2 aliphatic heterocycles. The average Bonchev–Trinajstić information content (AvgIpc) is 3.73. The summed E-state index contributed by atoms with van der Waals surface area (Å²) >= 11 is 0. The number of imide groups is 1. The van der Waals surface area contributed by atoms with Gasteiger partial charge in [-0.2, -0.15) is 0 Å². The number of methoxy groups -OCH3 is 1. The van der Waals surface area contributed by atoms with E-state index in [4.69, 9.17) is 9.47 Å². The van der Waals surface area contributed by atoms with E-state index in [0.29, 0.717) is 30.0 Å². The van der Waals surface area contributed by atoms with Crippen molar-refractivity contribution in [3.8, 4) is 0 Å². The number of nitrogens with one attached hydrogen (secondary N) is 1. The number of alkyl carbamates (subject to hydrolysis) is 1. The molecule has 11 atom stereocenters. The van der Waals surface area contributed by atoms with Crippen molar-refractivity contribution >= 4 is 17.8 Å². The fourth-order valence-electron chi connectivity index (χ4n) is 11.0. The fourth-order valence-corrected chi connectivity index (χ4v) is 11.0.